The molecule has 60 valence electrons. The first-order valence-electron chi connectivity index (χ1n) is 3.45. The number of imidazole rings is 1. The van der Waals surface area contributed by atoms with Crippen molar-refractivity contribution in [3.8, 4) is 0 Å². The van der Waals surface area contributed by atoms with Crippen molar-refractivity contribution in [1.82, 2.24) is 14.9 Å². The average molecular weight is 174 g/mol. The van der Waals surface area contributed by atoms with E-state index in [4.69, 9.17) is 11.6 Å². The van der Waals surface area contributed by atoms with Gasteiger partial charge in [-0.2, -0.15) is 0 Å². The van der Waals surface area contributed by atoms with Crippen molar-refractivity contribution in [1.29, 1.82) is 0 Å². The molecule has 0 atom stereocenters. The first kappa shape index (κ1) is 6.94. The molecular weight excluding hydrogens is 166 g/mol. The minimum absolute atomic E-state index is 0.124. The highest BCUT2D eigenvalue weighted by Crippen LogP contribution is 2.14. The molecule has 1 aliphatic rings. The lowest BCUT2D eigenvalue weighted by molar-refractivity contribution is 0.337. The van der Waals surface area contributed by atoms with E-state index in [9.17, 15) is 4.79 Å². The maximum Gasteiger partial charge on any atom is 0.327 e. The number of nitrogens with one attached hydrogen (secondary N) is 2. The van der Waals surface area contributed by atoms with Crippen LogP contribution in [0.5, 0.6) is 0 Å². The van der Waals surface area contributed by atoms with Gasteiger partial charge in [-0.3, -0.25) is 4.57 Å². The molecule has 2 N–H and O–H groups in total. The number of aromatic nitrogens is 2. The van der Waals surface area contributed by atoms with E-state index >= 15 is 0 Å². The number of halogens is 1. The Labute approximate surface area is 68.2 Å². The smallest absolute Gasteiger partial charge is 0.313 e. The van der Waals surface area contributed by atoms with Gasteiger partial charge in [-0.15, -0.1) is 0 Å². The van der Waals surface area contributed by atoms with Crippen LogP contribution in [0.3, 0.4) is 0 Å². The summed E-state index contributed by atoms with van der Waals surface area (Å²) in [5, 5.41) is 3.56. The van der Waals surface area contributed by atoms with Crippen LogP contribution in [0.25, 0.3) is 0 Å². The highest BCUT2D eigenvalue weighted by atomic mass is 35.5. The SMILES string of the molecule is O=c1[nH]cc(Cl)n1C1CNC1. The van der Waals surface area contributed by atoms with Gasteiger partial charge in [0.15, 0.2) is 0 Å². The molecule has 2 heterocycles. The maximum absolute atomic E-state index is 11.1. The number of aromatic amines is 1. The van der Waals surface area contributed by atoms with E-state index in [1.54, 1.807) is 4.57 Å². The van der Waals surface area contributed by atoms with Gasteiger partial charge >= 0.3 is 5.69 Å². The third-order valence-corrected chi connectivity index (χ3v) is 2.18. The van der Waals surface area contributed by atoms with E-state index in [0.29, 0.717) is 5.15 Å². The van der Waals surface area contributed by atoms with Crippen LogP contribution in [0.2, 0.25) is 5.15 Å². The van der Waals surface area contributed by atoms with E-state index in [0.717, 1.165) is 13.1 Å². The lowest BCUT2D eigenvalue weighted by atomic mass is 10.2. The zero-order chi connectivity index (χ0) is 7.84. The zero-order valence-corrected chi connectivity index (χ0v) is 6.56. The zero-order valence-electron chi connectivity index (χ0n) is 5.80. The molecule has 0 bridgehead atoms. The van der Waals surface area contributed by atoms with Crippen molar-refractivity contribution >= 4 is 11.6 Å². The molecule has 0 spiro atoms. The molecule has 11 heavy (non-hydrogen) atoms. The fraction of sp³-hybridized carbons (Fsp3) is 0.500. The van der Waals surface area contributed by atoms with Crippen LogP contribution in [-0.4, -0.2) is 22.6 Å². The normalized spacial score (nSPS) is 18.3. The number of hydrogen-bond acceptors (Lipinski definition) is 2. The second-order valence-corrected chi connectivity index (χ2v) is 2.99. The van der Waals surface area contributed by atoms with Crippen LogP contribution in [0.4, 0.5) is 0 Å². The molecule has 0 radical (unpaired) electrons. The summed E-state index contributed by atoms with van der Waals surface area (Å²) < 4.78 is 1.57. The summed E-state index contributed by atoms with van der Waals surface area (Å²) in [7, 11) is 0. The Bertz CT molecular complexity index is 312. The van der Waals surface area contributed by atoms with Crippen molar-refractivity contribution in [2.24, 2.45) is 0 Å². The van der Waals surface area contributed by atoms with E-state index < -0.39 is 0 Å². The lowest BCUT2D eigenvalue weighted by Gasteiger charge is -2.27. The van der Waals surface area contributed by atoms with Gasteiger partial charge in [0.25, 0.3) is 0 Å². The molecule has 0 aliphatic carbocycles. The molecule has 5 heteroatoms. The molecule has 0 amide bonds. The molecule has 1 aliphatic heterocycles. The Kier molecular flexibility index (Phi) is 1.51. The summed E-state index contributed by atoms with van der Waals surface area (Å²) in [6.45, 7) is 1.66. The van der Waals surface area contributed by atoms with Gasteiger partial charge in [-0.1, -0.05) is 11.6 Å². The van der Waals surface area contributed by atoms with E-state index in [-0.39, 0.29) is 11.7 Å². The summed E-state index contributed by atoms with van der Waals surface area (Å²) in [5.74, 6) is 0. The summed E-state index contributed by atoms with van der Waals surface area (Å²) >= 11 is 5.76. The van der Waals surface area contributed by atoms with Gasteiger partial charge in [0, 0.05) is 19.3 Å². The minimum atomic E-state index is -0.124. The quantitative estimate of drug-likeness (QED) is 0.627. The van der Waals surface area contributed by atoms with Crippen LogP contribution in [0.15, 0.2) is 11.0 Å². The summed E-state index contributed by atoms with van der Waals surface area (Å²) in [6, 6.07) is 0.237. The third kappa shape index (κ3) is 0.985. The fourth-order valence-corrected chi connectivity index (χ4v) is 1.42. The molecule has 0 saturated carbocycles. The van der Waals surface area contributed by atoms with Crippen molar-refractivity contribution in [3.63, 3.8) is 0 Å². The Hall–Kier alpha value is -0.740. The number of hydrogen-bond donors (Lipinski definition) is 2. The van der Waals surface area contributed by atoms with Crippen molar-refractivity contribution in [3.05, 3.63) is 21.8 Å². The van der Waals surface area contributed by atoms with Gasteiger partial charge < -0.3 is 10.3 Å². The number of rotatable bonds is 1. The predicted octanol–water partition coefficient (Wildman–Crippen LogP) is -0.0259. The molecule has 1 aromatic rings. The number of nitrogens with zero attached hydrogens (tertiary/aromatic N) is 1. The van der Waals surface area contributed by atoms with Crippen LogP contribution in [0, 0.1) is 0 Å². The van der Waals surface area contributed by atoms with E-state index in [1.807, 2.05) is 0 Å². The van der Waals surface area contributed by atoms with Crippen LogP contribution in [-0.2, 0) is 0 Å². The van der Waals surface area contributed by atoms with Gasteiger partial charge in [-0.25, -0.2) is 4.79 Å². The summed E-state index contributed by atoms with van der Waals surface area (Å²) in [6.07, 6.45) is 1.52. The first-order valence-corrected chi connectivity index (χ1v) is 3.83. The van der Waals surface area contributed by atoms with Crippen molar-refractivity contribution < 1.29 is 0 Å². The fourth-order valence-electron chi connectivity index (χ4n) is 1.15. The van der Waals surface area contributed by atoms with Gasteiger partial charge in [0.1, 0.15) is 5.15 Å². The van der Waals surface area contributed by atoms with Gasteiger partial charge in [-0.05, 0) is 0 Å². The molecule has 2 rings (SSSR count). The van der Waals surface area contributed by atoms with E-state index in [2.05, 4.69) is 10.3 Å². The average Bonchev–Trinajstić information content (AvgIpc) is 2.15. The molecule has 1 aromatic heterocycles. The van der Waals surface area contributed by atoms with Crippen molar-refractivity contribution in [2.45, 2.75) is 6.04 Å². The minimum Gasteiger partial charge on any atom is -0.313 e. The Morgan fingerprint density at radius 3 is 2.73 bits per heavy atom. The van der Waals surface area contributed by atoms with Gasteiger partial charge in [0.2, 0.25) is 0 Å². The monoisotopic (exact) mass is 173 g/mol. The summed E-state index contributed by atoms with van der Waals surface area (Å²) in [4.78, 5) is 13.6. The molecular formula is C6H8ClN3O. The Balaban J connectivity index is 2.41. The highest BCUT2D eigenvalue weighted by molar-refractivity contribution is 6.29. The third-order valence-electron chi connectivity index (χ3n) is 1.89. The van der Waals surface area contributed by atoms with Crippen molar-refractivity contribution in [2.75, 3.05) is 13.1 Å². The second-order valence-electron chi connectivity index (χ2n) is 2.60. The van der Waals surface area contributed by atoms with Crippen LogP contribution < -0.4 is 11.0 Å². The topological polar surface area (TPSA) is 49.8 Å². The standard InChI is InChI=1S/C6H8ClN3O/c7-5-3-9-6(11)10(5)4-1-8-2-4/h3-4,8H,1-2H2,(H,9,11). The first-order chi connectivity index (χ1) is 5.29. The van der Waals surface area contributed by atoms with E-state index in [1.165, 1.54) is 6.20 Å². The molecule has 1 saturated heterocycles. The Morgan fingerprint density at radius 2 is 2.36 bits per heavy atom. The Morgan fingerprint density at radius 1 is 1.64 bits per heavy atom. The second kappa shape index (κ2) is 2.39. The number of H-pyrrole nitrogens is 1. The van der Waals surface area contributed by atoms with Gasteiger partial charge in [0.05, 0.1) is 6.04 Å². The molecule has 0 unspecified atom stereocenters. The highest BCUT2D eigenvalue weighted by Gasteiger charge is 2.22. The lowest BCUT2D eigenvalue weighted by Crippen LogP contribution is -2.46. The molecule has 0 aromatic carbocycles. The summed E-state index contributed by atoms with van der Waals surface area (Å²) in [5.41, 5.74) is -0.124. The molecule has 1 fully saturated rings. The van der Waals surface area contributed by atoms with Crippen LogP contribution in [0.1, 0.15) is 6.04 Å². The van der Waals surface area contributed by atoms with Crippen LogP contribution >= 0.6 is 11.6 Å². The molecule has 4 nitrogen and oxygen atoms in total. The largest absolute Gasteiger partial charge is 0.327 e. The maximum atomic E-state index is 11.1. The predicted molar refractivity (Wildman–Crippen MR) is 42.0 cm³/mol.